The van der Waals surface area contributed by atoms with E-state index in [9.17, 15) is 9.90 Å². The number of nitrogens with one attached hydrogen (secondary N) is 1. The average Bonchev–Trinajstić information content (AvgIpc) is 3.09. The van der Waals surface area contributed by atoms with E-state index in [1.165, 1.54) is 16.9 Å². The molecule has 2 heterocycles. The molecule has 4 heteroatoms. The van der Waals surface area contributed by atoms with Crippen LogP contribution in [0.4, 0.5) is 0 Å². The van der Waals surface area contributed by atoms with E-state index in [1.54, 1.807) is 12.1 Å². The van der Waals surface area contributed by atoms with Gasteiger partial charge in [-0.2, -0.15) is 0 Å². The van der Waals surface area contributed by atoms with Crippen molar-refractivity contribution in [1.29, 1.82) is 0 Å². The number of phenolic OH excluding ortho intramolecular Hbond substituents is 1. The number of H-pyrrole nitrogens is 1. The highest BCUT2D eigenvalue weighted by Gasteiger charge is 2.46. The lowest BCUT2D eigenvalue weighted by Crippen LogP contribution is -2.04. The third kappa shape index (κ3) is 2.51. The number of aromatic nitrogens is 1. The Labute approximate surface area is 167 Å². The molecule has 0 amide bonds. The molecule has 0 spiro atoms. The lowest BCUT2D eigenvalue weighted by molar-refractivity contribution is 0.478. The van der Waals surface area contributed by atoms with Crippen molar-refractivity contribution in [2.24, 2.45) is 17.8 Å². The van der Waals surface area contributed by atoms with Crippen LogP contribution >= 0.6 is 11.3 Å². The van der Waals surface area contributed by atoms with Crippen LogP contribution in [0, 0.1) is 17.8 Å². The highest BCUT2D eigenvalue weighted by Crippen LogP contribution is 2.53. The lowest BCUT2D eigenvalue weighted by Gasteiger charge is -2.14. The highest BCUT2D eigenvalue weighted by molar-refractivity contribution is 7.17. The van der Waals surface area contributed by atoms with Crippen molar-refractivity contribution in [3.63, 3.8) is 0 Å². The van der Waals surface area contributed by atoms with Crippen molar-refractivity contribution < 1.29 is 5.11 Å². The molecule has 5 rings (SSSR count). The van der Waals surface area contributed by atoms with Gasteiger partial charge in [-0.15, -0.1) is 11.3 Å². The molecule has 4 atom stereocenters. The van der Waals surface area contributed by atoms with Gasteiger partial charge in [0, 0.05) is 21.9 Å². The van der Waals surface area contributed by atoms with Gasteiger partial charge < -0.3 is 10.1 Å². The number of rotatable bonds is 3. The first-order valence-corrected chi connectivity index (χ1v) is 10.7. The summed E-state index contributed by atoms with van der Waals surface area (Å²) in [5.74, 6) is 3.12. The van der Waals surface area contributed by atoms with E-state index in [1.807, 2.05) is 11.4 Å². The number of aromatic amines is 1. The van der Waals surface area contributed by atoms with E-state index < -0.39 is 0 Å². The Kier molecular flexibility index (Phi) is 3.88. The Hall–Kier alpha value is -2.59. The fourth-order valence-corrected chi connectivity index (χ4v) is 5.71. The van der Waals surface area contributed by atoms with Crippen LogP contribution < -0.4 is 5.56 Å². The van der Waals surface area contributed by atoms with Crippen molar-refractivity contribution in [3.05, 3.63) is 63.8 Å². The van der Waals surface area contributed by atoms with Crippen molar-refractivity contribution >= 4 is 32.3 Å². The molecule has 3 unspecified atom stereocenters. The third-order valence-corrected chi connectivity index (χ3v) is 7.69. The normalized spacial score (nSPS) is 22.6. The molecule has 142 valence electrons. The van der Waals surface area contributed by atoms with Gasteiger partial charge in [0.05, 0.1) is 0 Å². The van der Waals surface area contributed by atoms with Gasteiger partial charge in [0.25, 0.3) is 5.56 Å². The molecule has 2 N–H and O–H groups in total. The minimum absolute atomic E-state index is 0.0778. The van der Waals surface area contributed by atoms with Gasteiger partial charge in [0.2, 0.25) is 0 Å². The van der Waals surface area contributed by atoms with Crippen LogP contribution in [-0.2, 0) is 0 Å². The summed E-state index contributed by atoms with van der Waals surface area (Å²) in [5, 5.41) is 14.4. The van der Waals surface area contributed by atoms with Crippen LogP contribution in [0.2, 0.25) is 0 Å². The Morgan fingerprint density at radius 3 is 2.43 bits per heavy atom. The summed E-state index contributed by atoms with van der Waals surface area (Å²) in [4.78, 5) is 15.3. The number of thiophene rings is 1. The van der Waals surface area contributed by atoms with Crippen LogP contribution in [0.1, 0.15) is 32.3 Å². The molecule has 4 aromatic rings. The summed E-state index contributed by atoms with van der Waals surface area (Å²) in [6.07, 6.45) is 0. The first-order valence-electron chi connectivity index (χ1n) is 9.83. The van der Waals surface area contributed by atoms with Crippen LogP contribution in [0.3, 0.4) is 0 Å². The predicted octanol–water partition coefficient (Wildman–Crippen LogP) is 6.12. The van der Waals surface area contributed by atoms with Crippen LogP contribution in [-0.4, -0.2) is 10.1 Å². The molecule has 3 nitrogen and oxygen atoms in total. The topological polar surface area (TPSA) is 53.1 Å². The maximum Gasteiger partial charge on any atom is 0.266 e. The molecular weight excluding hydrogens is 366 g/mol. The summed E-state index contributed by atoms with van der Waals surface area (Å²) in [6, 6.07) is 14.0. The molecule has 28 heavy (non-hydrogen) atoms. The number of hydrogen-bond acceptors (Lipinski definition) is 3. The molecule has 1 aliphatic rings. The zero-order valence-corrected chi connectivity index (χ0v) is 17.0. The molecule has 1 fully saturated rings. The minimum Gasteiger partial charge on any atom is -0.507 e. The third-order valence-electron chi connectivity index (χ3n) is 6.78. The number of phenols is 1. The van der Waals surface area contributed by atoms with E-state index in [0.29, 0.717) is 10.6 Å². The van der Waals surface area contributed by atoms with Crippen LogP contribution in [0.5, 0.6) is 5.75 Å². The van der Waals surface area contributed by atoms with Crippen molar-refractivity contribution in [3.8, 4) is 16.9 Å². The fourth-order valence-electron chi connectivity index (χ4n) is 4.92. The molecule has 1 saturated carbocycles. The Morgan fingerprint density at radius 2 is 1.75 bits per heavy atom. The molecular formula is C24H23NO2S. The van der Waals surface area contributed by atoms with Crippen molar-refractivity contribution in [1.82, 2.24) is 4.98 Å². The summed E-state index contributed by atoms with van der Waals surface area (Å²) in [5.41, 5.74) is 3.77. The zero-order valence-electron chi connectivity index (χ0n) is 16.2. The number of pyridine rings is 1. The lowest BCUT2D eigenvalue weighted by atomic mass is 9.91. The summed E-state index contributed by atoms with van der Waals surface area (Å²) >= 11 is 1.43. The van der Waals surface area contributed by atoms with Gasteiger partial charge in [-0.3, -0.25) is 4.79 Å². The molecule has 2 aromatic heterocycles. The standard InChI is InChI=1S/C24H23NO2S/c1-12-13(2)20(12)14(3)15-4-6-16(7-5-15)21-19(26)9-8-18-22(21)17-10-11-28-23(17)24(27)25-18/h4-14,20,26H,1-3H3,(H,25,27)/t12-,13?,14?,20?/m1/s1. The Bertz CT molecular complexity index is 1240. The quantitative estimate of drug-likeness (QED) is 0.443. The summed E-state index contributed by atoms with van der Waals surface area (Å²) < 4.78 is 0.696. The average molecular weight is 390 g/mol. The molecule has 0 aliphatic heterocycles. The molecule has 2 aromatic carbocycles. The van der Waals surface area contributed by atoms with E-state index in [2.05, 4.69) is 50.0 Å². The summed E-state index contributed by atoms with van der Waals surface area (Å²) in [6.45, 7) is 6.98. The van der Waals surface area contributed by atoms with E-state index in [4.69, 9.17) is 0 Å². The second-order valence-electron chi connectivity index (χ2n) is 8.21. The monoisotopic (exact) mass is 389 g/mol. The number of benzene rings is 2. The zero-order chi connectivity index (χ0) is 19.6. The fraction of sp³-hybridized carbons (Fsp3) is 0.292. The van der Waals surface area contributed by atoms with Crippen LogP contribution in [0.25, 0.3) is 32.1 Å². The minimum atomic E-state index is -0.0778. The van der Waals surface area contributed by atoms with Gasteiger partial charge in [-0.1, -0.05) is 45.0 Å². The number of fused-ring (bicyclic) bond motifs is 3. The smallest absolute Gasteiger partial charge is 0.266 e. The van der Waals surface area contributed by atoms with E-state index in [0.717, 1.165) is 45.2 Å². The number of hydrogen-bond donors (Lipinski definition) is 2. The Morgan fingerprint density at radius 1 is 1.04 bits per heavy atom. The van der Waals surface area contributed by atoms with E-state index in [-0.39, 0.29) is 11.3 Å². The van der Waals surface area contributed by atoms with Gasteiger partial charge in [0.1, 0.15) is 10.4 Å². The van der Waals surface area contributed by atoms with Crippen LogP contribution in [0.15, 0.2) is 52.6 Å². The van der Waals surface area contributed by atoms with E-state index >= 15 is 0 Å². The van der Waals surface area contributed by atoms with Gasteiger partial charge in [-0.05, 0) is 58.4 Å². The molecule has 1 aliphatic carbocycles. The maximum absolute atomic E-state index is 12.3. The molecule has 0 saturated heterocycles. The predicted molar refractivity (Wildman–Crippen MR) is 117 cm³/mol. The Balaban J connectivity index is 1.66. The molecule has 0 bridgehead atoms. The summed E-state index contributed by atoms with van der Waals surface area (Å²) in [7, 11) is 0. The van der Waals surface area contributed by atoms with Gasteiger partial charge in [0.15, 0.2) is 0 Å². The van der Waals surface area contributed by atoms with Gasteiger partial charge >= 0.3 is 0 Å². The van der Waals surface area contributed by atoms with Crippen molar-refractivity contribution in [2.45, 2.75) is 26.7 Å². The van der Waals surface area contributed by atoms with Crippen molar-refractivity contribution in [2.75, 3.05) is 0 Å². The number of aromatic hydroxyl groups is 1. The van der Waals surface area contributed by atoms with Gasteiger partial charge in [-0.25, -0.2) is 0 Å². The first-order chi connectivity index (χ1) is 13.5. The maximum atomic E-state index is 12.3. The highest BCUT2D eigenvalue weighted by atomic mass is 32.1. The largest absolute Gasteiger partial charge is 0.507 e. The second-order valence-corrected chi connectivity index (χ2v) is 9.12. The first kappa shape index (κ1) is 17.5. The molecule has 0 radical (unpaired) electrons. The SMILES string of the molecule is CC(c1ccc(-c2c(O)ccc3[nH]c(=O)c4sccc4c23)cc1)C1C(C)[C@H]1C. The second kappa shape index (κ2) is 6.21.